The summed E-state index contributed by atoms with van der Waals surface area (Å²) in [6.45, 7) is 0. The van der Waals surface area contributed by atoms with E-state index in [1.807, 2.05) is 19.2 Å². The van der Waals surface area contributed by atoms with Crippen molar-refractivity contribution in [2.75, 3.05) is 0 Å². The van der Waals surface area contributed by atoms with Gasteiger partial charge in [0, 0.05) is 12.4 Å². The van der Waals surface area contributed by atoms with Crippen LogP contribution in [0.25, 0.3) is 10.9 Å². The summed E-state index contributed by atoms with van der Waals surface area (Å²) >= 11 is 0. The van der Waals surface area contributed by atoms with Crippen LogP contribution < -0.4 is 0 Å². The highest BCUT2D eigenvalue weighted by atomic mass is 16.1. The number of isocyanates is 1. The van der Waals surface area contributed by atoms with Gasteiger partial charge >= 0.3 is 0 Å². The summed E-state index contributed by atoms with van der Waals surface area (Å²) in [4.78, 5) is 13.7. The van der Waals surface area contributed by atoms with Crippen molar-refractivity contribution in [1.82, 2.24) is 9.78 Å². The fraction of sp³-hybridized carbons (Fsp3) is 0.111. The van der Waals surface area contributed by atoms with Crippen molar-refractivity contribution in [1.29, 1.82) is 0 Å². The number of aliphatic imine (C=N–C) groups is 1. The van der Waals surface area contributed by atoms with Gasteiger partial charge in [0.15, 0.2) is 0 Å². The number of fused-ring (bicyclic) bond motifs is 1. The van der Waals surface area contributed by atoms with Crippen LogP contribution >= 0.6 is 0 Å². The Morgan fingerprint density at radius 2 is 2.38 bits per heavy atom. The average molecular weight is 173 g/mol. The lowest BCUT2D eigenvalue weighted by Crippen LogP contribution is -1.87. The minimum atomic E-state index is 0.612. The van der Waals surface area contributed by atoms with E-state index in [9.17, 15) is 4.79 Å². The van der Waals surface area contributed by atoms with Crippen molar-refractivity contribution in [2.45, 2.75) is 0 Å². The molecule has 0 unspecified atom stereocenters. The minimum Gasteiger partial charge on any atom is -0.268 e. The van der Waals surface area contributed by atoms with E-state index in [1.54, 1.807) is 16.9 Å². The third kappa shape index (κ3) is 1.13. The fourth-order valence-electron chi connectivity index (χ4n) is 1.31. The molecule has 0 fully saturated rings. The molecule has 0 bridgehead atoms. The van der Waals surface area contributed by atoms with Crippen molar-refractivity contribution >= 4 is 22.7 Å². The van der Waals surface area contributed by atoms with Gasteiger partial charge in [0.25, 0.3) is 0 Å². The Labute approximate surface area is 74.5 Å². The van der Waals surface area contributed by atoms with Gasteiger partial charge < -0.3 is 0 Å². The van der Waals surface area contributed by atoms with Crippen LogP contribution in [0.5, 0.6) is 0 Å². The lowest BCUT2D eigenvalue weighted by atomic mass is 10.2. The van der Waals surface area contributed by atoms with E-state index in [4.69, 9.17) is 0 Å². The summed E-state index contributed by atoms with van der Waals surface area (Å²) in [6.07, 6.45) is 3.21. The second kappa shape index (κ2) is 2.84. The number of carbonyl (C=O) groups excluding carboxylic acids is 1. The lowest BCUT2D eigenvalue weighted by Gasteiger charge is -1.94. The molecular formula is C9H7N3O. The smallest absolute Gasteiger partial charge is 0.240 e. The van der Waals surface area contributed by atoms with Gasteiger partial charge in [0.05, 0.1) is 17.4 Å². The van der Waals surface area contributed by atoms with Gasteiger partial charge in [-0.15, -0.1) is 0 Å². The summed E-state index contributed by atoms with van der Waals surface area (Å²) in [7, 11) is 1.84. The van der Waals surface area contributed by atoms with Crippen molar-refractivity contribution in [3.63, 3.8) is 0 Å². The van der Waals surface area contributed by atoms with Crippen LogP contribution in [0.15, 0.2) is 29.4 Å². The first-order valence-electron chi connectivity index (χ1n) is 3.81. The highest BCUT2D eigenvalue weighted by Gasteiger charge is 2.02. The van der Waals surface area contributed by atoms with Crippen molar-refractivity contribution in [3.05, 3.63) is 24.4 Å². The normalized spacial score (nSPS) is 9.92. The third-order valence-corrected chi connectivity index (χ3v) is 1.93. The molecule has 2 aromatic rings. The van der Waals surface area contributed by atoms with Gasteiger partial charge in [-0.1, -0.05) is 6.07 Å². The molecule has 13 heavy (non-hydrogen) atoms. The van der Waals surface area contributed by atoms with Crippen LogP contribution in [-0.2, 0) is 11.8 Å². The lowest BCUT2D eigenvalue weighted by molar-refractivity contribution is 0.565. The molecule has 0 N–H and O–H groups in total. The first-order valence-corrected chi connectivity index (χ1v) is 3.81. The van der Waals surface area contributed by atoms with Crippen LogP contribution in [0.3, 0.4) is 0 Å². The number of hydrogen-bond acceptors (Lipinski definition) is 3. The van der Waals surface area contributed by atoms with Gasteiger partial charge in [-0.2, -0.15) is 10.1 Å². The molecule has 0 radical (unpaired) electrons. The molecule has 0 saturated carbocycles. The number of aryl methyl sites for hydroxylation is 1. The number of aromatic nitrogens is 2. The van der Waals surface area contributed by atoms with Gasteiger partial charge in [-0.05, 0) is 12.1 Å². The van der Waals surface area contributed by atoms with E-state index in [2.05, 4.69) is 10.1 Å². The summed E-state index contributed by atoms with van der Waals surface area (Å²) in [5, 5.41) is 4.93. The Hall–Kier alpha value is -1.93. The van der Waals surface area contributed by atoms with Gasteiger partial charge in [0.2, 0.25) is 6.08 Å². The maximum absolute atomic E-state index is 10.1. The zero-order chi connectivity index (χ0) is 9.26. The highest BCUT2D eigenvalue weighted by molar-refractivity contribution is 5.90. The van der Waals surface area contributed by atoms with E-state index >= 15 is 0 Å². The quantitative estimate of drug-likeness (QED) is 0.485. The third-order valence-electron chi connectivity index (χ3n) is 1.93. The van der Waals surface area contributed by atoms with E-state index in [0.29, 0.717) is 5.69 Å². The van der Waals surface area contributed by atoms with E-state index in [1.165, 1.54) is 6.08 Å². The highest BCUT2D eigenvalue weighted by Crippen LogP contribution is 2.24. The van der Waals surface area contributed by atoms with Gasteiger partial charge in [0.1, 0.15) is 0 Å². The van der Waals surface area contributed by atoms with Crippen molar-refractivity contribution in [3.8, 4) is 0 Å². The Morgan fingerprint density at radius 1 is 1.54 bits per heavy atom. The predicted octanol–water partition coefficient (Wildman–Crippen LogP) is 1.54. The molecule has 0 spiro atoms. The van der Waals surface area contributed by atoms with Crippen LogP contribution in [-0.4, -0.2) is 15.9 Å². The zero-order valence-corrected chi connectivity index (χ0v) is 7.06. The molecule has 0 amide bonds. The van der Waals surface area contributed by atoms with E-state index < -0.39 is 0 Å². The first kappa shape index (κ1) is 7.71. The topological polar surface area (TPSA) is 47.2 Å². The number of benzene rings is 1. The molecule has 0 atom stereocenters. The molecular weight excluding hydrogens is 166 g/mol. The molecule has 0 aliphatic heterocycles. The molecule has 4 nitrogen and oxygen atoms in total. The number of hydrogen-bond donors (Lipinski definition) is 0. The second-order valence-corrected chi connectivity index (χ2v) is 2.68. The second-order valence-electron chi connectivity index (χ2n) is 2.68. The molecule has 1 heterocycles. The average Bonchev–Trinajstić information content (AvgIpc) is 2.50. The Bertz CT molecular complexity index is 495. The summed E-state index contributed by atoms with van der Waals surface area (Å²) in [5.74, 6) is 0. The van der Waals surface area contributed by atoms with Crippen molar-refractivity contribution < 1.29 is 4.79 Å². The van der Waals surface area contributed by atoms with Gasteiger partial charge in [-0.3, -0.25) is 4.68 Å². The molecule has 0 aliphatic rings. The molecule has 0 saturated heterocycles. The molecule has 1 aromatic heterocycles. The van der Waals surface area contributed by atoms with Crippen LogP contribution in [0.2, 0.25) is 0 Å². The molecule has 4 heteroatoms. The Morgan fingerprint density at radius 3 is 3.15 bits per heavy atom. The SMILES string of the molecule is Cn1ncc2c(N=C=O)cccc21. The number of rotatable bonds is 1. The van der Waals surface area contributed by atoms with Crippen LogP contribution in [0, 0.1) is 0 Å². The first-order chi connectivity index (χ1) is 6.33. The van der Waals surface area contributed by atoms with Crippen LogP contribution in [0.4, 0.5) is 5.69 Å². The van der Waals surface area contributed by atoms with Crippen LogP contribution in [0.1, 0.15) is 0 Å². The standard InChI is InChI=1S/C9H7N3O/c1-12-9-4-2-3-8(10-6-13)7(9)5-11-12/h2-5H,1H3. The molecule has 1 aromatic carbocycles. The van der Waals surface area contributed by atoms with E-state index in [-0.39, 0.29) is 0 Å². The Balaban J connectivity index is 2.84. The predicted molar refractivity (Wildman–Crippen MR) is 48.5 cm³/mol. The zero-order valence-electron chi connectivity index (χ0n) is 7.06. The maximum Gasteiger partial charge on any atom is 0.240 e. The summed E-state index contributed by atoms with van der Waals surface area (Å²) < 4.78 is 1.74. The Kier molecular flexibility index (Phi) is 1.69. The van der Waals surface area contributed by atoms with Crippen molar-refractivity contribution in [2.24, 2.45) is 12.0 Å². The summed E-state index contributed by atoms with van der Waals surface area (Å²) in [5.41, 5.74) is 1.57. The monoisotopic (exact) mass is 173 g/mol. The summed E-state index contributed by atoms with van der Waals surface area (Å²) in [6, 6.07) is 5.52. The van der Waals surface area contributed by atoms with E-state index in [0.717, 1.165) is 10.9 Å². The molecule has 64 valence electrons. The largest absolute Gasteiger partial charge is 0.268 e. The maximum atomic E-state index is 10.1. The minimum absolute atomic E-state index is 0.612. The molecule has 2 rings (SSSR count). The van der Waals surface area contributed by atoms with Gasteiger partial charge in [-0.25, -0.2) is 4.79 Å². The fourth-order valence-corrected chi connectivity index (χ4v) is 1.31. The number of nitrogens with zero attached hydrogens (tertiary/aromatic N) is 3. The molecule has 0 aliphatic carbocycles.